The van der Waals surface area contributed by atoms with Gasteiger partial charge in [-0.1, -0.05) is 6.92 Å². The van der Waals surface area contributed by atoms with Crippen molar-refractivity contribution in [3.05, 3.63) is 34.4 Å². The fourth-order valence-electron chi connectivity index (χ4n) is 1.57. The molecule has 0 aliphatic rings. The first-order valence-electron chi connectivity index (χ1n) is 5.58. The Morgan fingerprint density at radius 3 is 2.88 bits per heavy atom. The number of nitrogens with one attached hydrogen (secondary N) is 1. The van der Waals surface area contributed by atoms with Crippen molar-refractivity contribution in [1.82, 2.24) is 9.97 Å². The van der Waals surface area contributed by atoms with E-state index in [1.807, 2.05) is 24.6 Å². The van der Waals surface area contributed by atoms with Crippen LogP contribution >= 0.6 is 11.3 Å². The van der Waals surface area contributed by atoms with Crippen molar-refractivity contribution in [1.29, 1.82) is 0 Å². The molecular formula is C12H16N4S. The molecule has 0 aliphatic carbocycles. The third-order valence-corrected chi connectivity index (χ3v) is 3.52. The van der Waals surface area contributed by atoms with Gasteiger partial charge in [-0.3, -0.25) is 0 Å². The van der Waals surface area contributed by atoms with E-state index in [0.717, 1.165) is 28.5 Å². The van der Waals surface area contributed by atoms with Crippen LogP contribution in [0.15, 0.2) is 23.8 Å². The van der Waals surface area contributed by atoms with Gasteiger partial charge in [0.15, 0.2) is 0 Å². The van der Waals surface area contributed by atoms with Crippen LogP contribution in [0.5, 0.6) is 0 Å². The van der Waals surface area contributed by atoms with E-state index in [0.29, 0.717) is 0 Å². The molecule has 0 spiro atoms. The molecular weight excluding hydrogens is 232 g/mol. The molecule has 2 aromatic heterocycles. The van der Waals surface area contributed by atoms with Crippen LogP contribution in [0, 0.1) is 6.92 Å². The van der Waals surface area contributed by atoms with Crippen LogP contribution in [0.3, 0.4) is 0 Å². The molecule has 0 saturated carbocycles. The van der Waals surface area contributed by atoms with Gasteiger partial charge in [0.1, 0.15) is 10.8 Å². The lowest BCUT2D eigenvalue weighted by Gasteiger charge is -2.15. The van der Waals surface area contributed by atoms with Crippen LogP contribution in [0.25, 0.3) is 0 Å². The van der Waals surface area contributed by atoms with Crippen molar-refractivity contribution in [2.45, 2.75) is 26.3 Å². The number of rotatable bonds is 4. The Labute approximate surface area is 105 Å². The maximum Gasteiger partial charge on any atom is 0.126 e. The van der Waals surface area contributed by atoms with Crippen molar-refractivity contribution in [3.8, 4) is 0 Å². The summed E-state index contributed by atoms with van der Waals surface area (Å²) in [6.45, 7) is 4.11. The zero-order valence-corrected chi connectivity index (χ0v) is 10.8. The number of hydrogen-bond acceptors (Lipinski definition) is 5. The largest absolute Gasteiger partial charge is 0.397 e. The van der Waals surface area contributed by atoms with Crippen LogP contribution in [0.4, 0.5) is 11.5 Å². The first-order chi connectivity index (χ1) is 8.20. The molecule has 5 heteroatoms. The Morgan fingerprint density at radius 2 is 2.29 bits per heavy atom. The summed E-state index contributed by atoms with van der Waals surface area (Å²) in [5, 5.41) is 6.45. The summed E-state index contributed by atoms with van der Waals surface area (Å²) in [4.78, 5) is 8.60. The number of nitrogens with zero attached hydrogens (tertiary/aromatic N) is 2. The van der Waals surface area contributed by atoms with E-state index in [1.165, 1.54) is 0 Å². The number of nitrogens with two attached hydrogens (primary N) is 1. The van der Waals surface area contributed by atoms with Gasteiger partial charge in [-0.15, -0.1) is 11.3 Å². The van der Waals surface area contributed by atoms with E-state index in [4.69, 9.17) is 5.73 Å². The van der Waals surface area contributed by atoms with E-state index >= 15 is 0 Å². The number of aryl methyl sites for hydroxylation is 1. The molecule has 17 heavy (non-hydrogen) atoms. The van der Waals surface area contributed by atoms with E-state index in [1.54, 1.807) is 17.5 Å². The lowest BCUT2D eigenvalue weighted by Crippen LogP contribution is -2.10. The molecule has 4 nitrogen and oxygen atoms in total. The van der Waals surface area contributed by atoms with Gasteiger partial charge in [0, 0.05) is 11.6 Å². The Morgan fingerprint density at radius 1 is 1.47 bits per heavy atom. The second-order valence-electron chi connectivity index (χ2n) is 3.90. The van der Waals surface area contributed by atoms with Crippen LogP contribution in [0.2, 0.25) is 0 Å². The van der Waals surface area contributed by atoms with Gasteiger partial charge in [-0.2, -0.15) is 0 Å². The highest BCUT2D eigenvalue weighted by atomic mass is 32.1. The second kappa shape index (κ2) is 5.14. The fraction of sp³-hybridized carbons (Fsp3) is 0.333. The lowest BCUT2D eigenvalue weighted by atomic mass is 10.2. The number of thiazole rings is 1. The standard InChI is InChI=1S/C12H16N4S/c1-3-10(12-14-4-5-17-12)16-11-6-8(2)9(13)7-15-11/h4-7,10H,3,13H2,1-2H3,(H,15,16). The van der Waals surface area contributed by atoms with E-state index in [2.05, 4.69) is 22.2 Å². The van der Waals surface area contributed by atoms with Gasteiger partial charge >= 0.3 is 0 Å². The summed E-state index contributed by atoms with van der Waals surface area (Å²) in [7, 11) is 0. The van der Waals surface area contributed by atoms with Crippen molar-refractivity contribution in [2.75, 3.05) is 11.1 Å². The average Bonchev–Trinajstić information content (AvgIpc) is 2.84. The van der Waals surface area contributed by atoms with Crippen LogP contribution in [-0.4, -0.2) is 9.97 Å². The Balaban J connectivity index is 2.16. The number of aromatic nitrogens is 2. The molecule has 2 aromatic rings. The molecule has 2 rings (SSSR count). The number of hydrogen-bond donors (Lipinski definition) is 2. The van der Waals surface area contributed by atoms with Crippen molar-refractivity contribution < 1.29 is 0 Å². The number of nitrogen functional groups attached to an aromatic ring is 1. The maximum absolute atomic E-state index is 5.75. The van der Waals surface area contributed by atoms with Gasteiger partial charge in [-0.25, -0.2) is 9.97 Å². The summed E-state index contributed by atoms with van der Waals surface area (Å²) in [6, 6.07) is 2.18. The van der Waals surface area contributed by atoms with Gasteiger partial charge in [0.2, 0.25) is 0 Å². The molecule has 2 heterocycles. The van der Waals surface area contributed by atoms with Crippen molar-refractivity contribution in [3.63, 3.8) is 0 Å². The first-order valence-corrected chi connectivity index (χ1v) is 6.46. The Kier molecular flexibility index (Phi) is 3.58. The third-order valence-electron chi connectivity index (χ3n) is 2.63. The smallest absolute Gasteiger partial charge is 0.126 e. The van der Waals surface area contributed by atoms with Gasteiger partial charge in [0.25, 0.3) is 0 Å². The molecule has 90 valence electrons. The topological polar surface area (TPSA) is 63.8 Å². The van der Waals surface area contributed by atoms with Crippen molar-refractivity contribution >= 4 is 22.8 Å². The van der Waals surface area contributed by atoms with Gasteiger partial charge in [0.05, 0.1) is 17.9 Å². The minimum Gasteiger partial charge on any atom is -0.397 e. The highest BCUT2D eigenvalue weighted by Crippen LogP contribution is 2.24. The molecule has 0 saturated heterocycles. The Hall–Kier alpha value is -1.62. The van der Waals surface area contributed by atoms with E-state index < -0.39 is 0 Å². The number of pyridine rings is 1. The second-order valence-corrected chi connectivity index (χ2v) is 4.83. The first kappa shape index (κ1) is 11.9. The Bertz CT molecular complexity index is 481. The molecule has 0 amide bonds. The molecule has 0 aliphatic heterocycles. The molecule has 1 unspecified atom stereocenters. The van der Waals surface area contributed by atoms with Gasteiger partial charge in [-0.05, 0) is 25.0 Å². The number of anilines is 2. The van der Waals surface area contributed by atoms with Crippen molar-refractivity contribution in [2.24, 2.45) is 0 Å². The minimum absolute atomic E-state index is 0.213. The van der Waals surface area contributed by atoms with Crippen LogP contribution in [-0.2, 0) is 0 Å². The van der Waals surface area contributed by atoms with E-state index in [-0.39, 0.29) is 6.04 Å². The molecule has 0 aromatic carbocycles. The molecule has 1 atom stereocenters. The normalized spacial score (nSPS) is 12.4. The highest BCUT2D eigenvalue weighted by molar-refractivity contribution is 7.09. The van der Waals surface area contributed by atoms with Crippen LogP contribution < -0.4 is 11.1 Å². The SMILES string of the molecule is CCC(Nc1cc(C)c(N)cn1)c1nccs1. The zero-order valence-electron chi connectivity index (χ0n) is 9.97. The van der Waals surface area contributed by atoms with Gasteiger partial charge < -0.3 is 11.1 Å². The summed E-state index contributed by atoms with van der Waals surface area (Å²) in [5.74, 6) is 0.846. The van der Waals surface area contributed by atoms with E-state index in [9.17, 15) is 0 Å². The predicted molar refractivity (Wildman–Crippen MR) is 72.2 cm³/mol. The monoisotopic (exact) mass is 248 g/mol. The molecule has 0 radical (unpaired) electrons. The summed E-state index contributed by atoms with van der Waals surface area (Å²) >= 11 is 1.66. The molecule has 3 N–H and O–H groups in total. The molecule has 0 fully saturated rings. The molecule has 0 bridgehead atoms. The quantitative estimate of drug-likeness (QED) is 0.873. The maximum atomic E-state index is 5.75. The fourth-order valence-corrected chi connectivity index (χ4v) is 2.34. The average molecular weight is 248 g/mol. The zero-order chi connectivity index (χ0) is 12.3. The minimum atomic E-state index is 0.213. The highest BCUT2D eigenvalue weighted by Gasteiger charge is 2.12. The predicted octanol–water partition coefficient (Wildman–Crippen LogP) is 2.99. The summed E-state index contributed by atoms with van der Waals surface area (Å²) < 4.78 is 0. The third kappa shape index (κ3) is 2.74. The summed E-state index contributed by atoms with van der Waals surface area (Å²) in [6.07, 6.45) is 4.48. The van der Waals surface area contributed by atoms with Crippen LogP contribution in [0.1, 0.15) is 30.0 Å². The summed E-state index contributed by atoms with van der Waals surface area (Å²) in [5.41, 5.74) is 7.50. The lowest BCUT2D eigenvalue weighted by molar-refractivity contribution is 0.737.